The van der Waals surface area contributed by atoms with Crippen LogP contribution in [-0.4, -0.2) is 150 Å². The fourth-order valence-corrected chi connectivity index (χ4v) is 15.9. The molecule has 8 aromatic rings. The molecule has 0 aromatic heterocycles. The molecule has 2 saturated heterocycles. The monoisotopic (exact) mass is 1710 g/mol. The van der Waals surface area contributed by atoms with Crippen molar-refractivity contribution in [3.05, 3.63) is 273 Å². The molecule has 6 unspecified atom stereocenters. The number of carbonyl (C=O) groups excluding carboxylic acids is 6. The van der Waals surface area contributed by atoms with Crippen molar-refractivity contribution in [1.29, 1.82) is 0 Å². The first kappa shape index (κ1) is 99.6. The van der Waals surface area contributed by atoms with E-state index in [-0.39, 0.29) is 96.4 Å². The molecule has 6 atom stereocenters. The normalized spacial score (nSPS) is 15.7. The Bertz CT molecular complexity index is 4140. The number of aliphatic hydroxyl groups excluding tert-OH is 1. The Balaban J connectivity index is 0.000000294. The number of hydrogen-bond acceptors (Lipinski definition) is 19. The van der Waals surface area contributed by atoms with Crippen LogP contribution >= 0.6 is 23.5 Å². The zero-order chi connectivity index (χ0) is 86.1. The number of benzene rings is 8. The summed E-state index contributed by atoms with van der Waals surface area (Å²) < 4.78 is 29.9. The van der Waals surface area contributed by atoms with E-state index in [2.05, 4.69) is 209 Å². The molecule has 1 radical (unpaired) electrons. The summed E-state index contributed by atoms with van der Waals surface area (Å²) in [6.45, 7) is 40.7. The number of ether oxygens (including phenoxy) is 6. The van der Waals surface area contributed by atoms with Gasteiger partial charge in [0.2, 0.25) is 6.10 Å². The fourth-order valence-electron chi connectivity index (χ4n) is 12.8. The van der Waals surface area contributed by atoms with Gasteiger partial charge in [-0.25, -0.2) is 19.2 Å². The zero-order valence-corrected chi connectivity index (χ0v) is 77.3. The molecule has 20 heteroatoms. The predicted molar refractivity (Wildman–Crippen MR) is 467 cm³/mol. The van der Waals surface area contributed by atoms with E-state index in [0.717, 1.165) is 68.7 Å². The van der Waals surface area contributed by atoms with Crippen LogP contribution in [0.1, 0.15) is 205 Å². The van der Waals surface area contributed by atoms with Crippen molar-refractivity contribution in [2.75, 3.05) is 52.4 Å². The molecule has 629 valence electrons. The van der Waals surface area contributed by atoms with Crippen LogP contribution in [0.2, 0.25) is 0 Å². The first-order chi connectivity index (χ1) is 54.4. The smallest absolute Gasteiger partial charge is 0.349 e. The molecule has 2 aliphatic rings. The standard InChI is InChI=1S/C34H56N2O2.C31H34O6S.C25H22O4S.C4H6O2.C3H8O.Y/c1-31(2,3)25-17-23(29(37)27(19-25)33(7,8)9)21-35(13)15-16-36(14)22-24-18-26(32(4,5)6)20-28(30(24)38)34(10,11)12;1-22(23(2)32)20-36-29(33)24(3)37-30(34)28(35-4)21-38-31(25-14-8-5-9-15-25,26-16-10-6-11-17-26)27-18-12-7-13-19-27;1-18-23(26)29-22(24(27)28-18)17-30-25(19-11-5-2-6-12-19,20-13-7-3-8-14-20)21-15-9-4-10-16-21;1-3-2-4(5)6-3;1-3(2)4;/h17-20,37-38H,15-16,21-22H2,1-14H3;5-19,22,24,28H,20-21H2,1-4H3;2-16,18,22H,17H2,1H3;3H,2H2,1H3;3-4H,1-2H3;. The number of esters is 5. The first-order valence-electron chi connectivity index (χ1n) is 39.8. The van der Waals surface area contributed by atoms with Crippen LogP contribution in [0.3, 0.4) is 0 Å². The minimum absolute atomic E-state index is 0. The van der Waals surface area contributed by atoms with E-state index in [4.69, 9.17) is 28.8 Å². The van der Waals surface area contributed by atoms with Gasteiger partial charge in [0.15, 0.2) is 18.3 Å². The topological polar surface area (TPSA) is 225 Å². The van der Waals surface area contributed by atoms with Crippen LogP contribution < -0.4 is 0 Å². The third-order valence-corrected chi connectivity index (χ3v) is 22.9. The van der Waals surface area contributed by atoms with Crippen LogP contribution in [0.15, 0.2) is 206 Å². The maximum atomic E-state index is 13.0. The Hall–Kier alpha value is -7.98. The van der Waals surface area contributed by atoms with E-state index in [1.54, 1.807) is 44.3 Å². The Labute approximate surface area is 730 Å². The van der Waals surface area contributed by atoms with Crippen LogP contribution in [-0.2, 0) is 134 Å². The molecule has 0 amide bonds. The summed E-state index contributed by atoms with van der Waals surface area (Å²) in [6, 6.07) is 69.6. The molecule has 0 aliphatic carbocycles. The van der Waals surface area contributed by atoms with E-state index in [9.17, 15) is 39.0 Å². The molecule has 2 aliphatic heterocycles. The number of hydrogen-bond donors (Lipinski definition) is 3. The van der Waals surface area contributed by atoms with Crippen molar-refractivity contribution in [2.24, 2.45) is 5.92 Å². The van der Waals surface area contributed by atoms with Gasteiger partial charge in [-0.15, -0.1) is 23.5 Å². The van der Waals surface area contributed by atoms with Gasteiger partial charge in [0.1, 0.15) is 30.0 Å². The molecule has 17 nitrogen and oxygen atoms in total. The van der Waals surface area contributed by atoms with Crippen molar-refractivity contribution in [2.45, 2.75) is 219 Å². The van der Waals surface area contributed by atoms with Gasteiger partial charge in [0.25, 0.3) is 0 Å². The summed E-state index contributed by atoms with van der Waals surface area (Å²) in [5.74, 6) is -1.58. The van der Waals surface area contributed by atoms with E-state index in [1.165, 1.54) is 39.0 Å². The van der Waals surface area contributed by atoms with Gasteiger partial charge in [-0.2, -0.15) is 0 Å². The second kappa shape index (κ2) is 45.4. The van der Waals surface area contributed by atoms with Crippen LogP contribution in [0.25, 0.3) is 0 Å². The third kappa shape index (κ3) is 29.2. The van der Waals surface area contributed by atoms with E-state index >= 15 is 0 Å². The van der Waals surface area contributed by atoms with Crippen molar-refractivity contribution in [3.63, 3.8) is 0 Å². The molecule has 2 fully saturated rings. The Morgan fingerprint density at radius 3 is 1.11 bits per heavy atom. The second-order valence-electron chi connectivity index (χ2n) is 34.3. The van der Waals surface area contributed by atoms with Crippen LogP contribution in [0, 0.1) is 5.92 Å². The van der Waals surface area contributed by atoms with Crippen LogP contribution in [0.4, 0.5) is 0 Å². The van der Waals surface area contributed by atoms with Gasteiger partial charge in [0, 0.05) is 101 Å². The summed E-state index contributed by atoms with van der Waals surface area (Å²) in [5.41, 5.74) is 12.7. The molecule has 0 saturated carbocycles. The maximum absolute atomic E-state index is 13.0. The molecule has 3 N–H and O–H groups in total. The van der Waals surface area contributed by atoms with Gasteiger partial charge in [-0.3, -0.25) is 9.59 Å². The SMILES string of the molecule is CC(C)O.CC1CC(=O)O1.CC1OC(=O)C(CSC(c2ccccc2)(c2ccccc2)c2ccccc2)OC1=O.CN(CCN(C)Cc1cc(C(C)(C)C)cc(C(C)(C)C)c1O)Cc1cc(C(C)(C)C)cc(C(C)(C)C)c1O.COC(CSC(c1ccccc1)(c1ccccc1)c1ccccc1)C(=O)OC(C)C(=O)OCC(C)C(C)=O.[Y]. The number of rotatable bonds is 26. The summed E-state index contributed by atoms with van der Waals surface area (Å²) >= 11 is 3.13. The quantitative estimate of drug-likeness (QED) is 0.0260. The Kier molecular flexibility index (Phi) is 38.7. The van der Waals surface area contributed by atoms with Crippen LogP contribution in [0.5, 0.6) is 11.5 Å². The molecular weight excluding hydrogens is 1590 g/mol. The Morgan fingerprint density at radius 2 is 0.829 bits per heavy atom. The van der Waals surface area contributed by atoms with Gasteiger partial charge in [-0.05, 0) is 133 Å². The van der Waals surface area contributed by atoms with Crippen molar-refractivity contribution < 1.29 is 105 Å². The van der Waals surface area contributed by atoms with Gasteiger partial charge < -0.3 is 53.5 Å². The number of thioether (sulfide) groups is 2. The Morgan fingerprint density at radius 1 is 0.496 bits per heavy atom. The number of aromatic hydroxyl groups is 2. The fraction of sp³-hybridized carbons (Fsp3) is 0.443. The summed E-state index contributed by atoms with van der Waals surface area (Å²) in [6.07, 6.45) is -3.22. The largest absolute Gasteiger partial charge is 0.507 e. The molecule has 10 rings (SSSR count). The number of phenols is 2. The number of phenolic OH excluding ortho intramolecular Hbond substituents is 2. The van der Waals surface area contributed by atoms with Gasteiger partial charge >= 0.3 is 29.8 Å². The number of ketones is 1. The van der Waals surface area contributed by atoms with Gasteiger partial charge in [-0.1, -0.05) is 296 Å². The molecular formula is C97H126N2O15S2Y. The minimum atomic E-state index is -1.13. The average molecular weight is 1710 g/mol. The number of cyclic esters (lactones) is 3. The van der Waals surface area contributed by atoms with E-state index < -0.39 is 63.7 Å². The first-order valence-corrected chi connectivity index (χ1v) is 41.8. The summed E-state index contributed by atoms with van der Waals surface area (Å²) in [4.78, 5) is 75.5. The minimum Gasteiger partial charge on any atom is -0.507 e. The summed E-state index contributed by atoms with van der Waals surface area (Å²) in [5, 5.41) is 30.4. The number of Topliss-reactive ketones (excluding diaryl/α,β-unsaturated/α-hetero) is 1. The average Bonchev–Trinajstić information content (AvgIpc) is 0.759. The second-order valence-corrected chi connectivity index (χ2v) is 36.7. The molecule has 0 spiro atoms. The molecule has 117 heavy (non-hydrogen) atoms. The number of aliphatic hydroxyl groups is 1. The van der Waals surface area contributed by atoms with E-state index in [0.29, 0.717) is 31.0 Å². The third-order valence-electron chi connectivity index (χ3n) is 19.7. The number of methoxy groups -OCH3 is 1. The van der Waals surface area contributed by atoms with Crippen molar-refractivity contribution in [3.8, 4) is 11.5 Å². The summed E-state index contributed by atoms with van der Waals surface area (Å²) in [7, 11) is 5.67. The maximum Gasteiger partial charge on any atom is 0.349 e. The number of likely N-dealkylation sites (N-methyl/N-ethyl adjacent to an activating group) is 2. The molecule has 0 bridgehead atoms. The van der Waals surface area contributed by atoms with Crippen molar-refractivity contribution >= 4 is 59.2 Å². The molecule has 8 aromatic carbocycles. The predicted octanol–water partition coefficient (Wildman–Crippen LogP) is 18.6. The van der Waals surface area contributed by atoms with Gasteiger partial charge in [0.05, 0.1) is 15.9 Å². The van der Waals surface area contributed by atoms with E-state index in [1.807, 2.05) is 116 Å². The molecule has 2 heterocycles. The zero-order valence-electron chi connectivity index (χ0n) is 72.9. The number of carbonyl (C=O) groups is 6. The van der Waals surface area contributed by atoms with Crippen molar-refractivity contribution in [1.82, 2.24) is 9.80 Å². The number of nitrogens with zero attached hydrogens (tertiary/aromatic N) is 2.